The van der Waals surface area contributed by atoms with E-state index in [0.29, 0.717) is 36.0 Å². The first-order valence-corrected chi connectivity index (χ1v) is 13.7. The Bertz CT molecular complexity index is 1700. The molecule has 6 rings (SSSR count). The quantitative estimate of drug-likeness (QED) is 0.301. The van der Waals surface area contributed by atoms with Gasteiger partial charge in [0.1, 0.15) is 12.6 Å². The van der Waals surface area contributed by atoms with Crippen LogP contribution < -0.4 is 10.6 Å². The normalized spacial score (nSPS) is 15.7. The lowest BCUT2D eigenvalue weighted by Gasteiger charge is -2.23. The van der Waals surface area contributed by atoms with Gasteiger partial charge in [0.05, 0.1) is 23.8 Å². The molecule has 204 valence electrons. The Hall–Kier alpha value is -4.52. The highest BCUT2D eigenvalue weighted by Crippen LogP contribution is 2.29. The zero-order valence-electron chi connectivity index (χ0n) is 21.6. The van der Waals surface area contributed by atoms with E-state index in [1.807, 2.05) is 61.7 Å². The van der Waals surface area contributed by atoms with Gasteiger partial charge >= 0.3 is 6.09 Å². The second-order valence-corrected chi connectivity index (χ2v) is 10.2. The highest BCUT2D eigenvalue weighted by molar-refractivity contribution is 9.10. The monoisotopic (exact) mass is 603 g/mol. The maximum Gasteiger partial charge on any atom is 0.410 e. The predicted octanol–water partition coefficient (Wildman–Crippen LogP) is 3.47. The summed E-state index contributed by atoms with van der Waals surface area (Å²) in [7, 11) is 0. The van der Waals surface area contributed by atoms with Crippen LogP contribution in [0.2, 0.25) is 0 Å². The Morgan fingerprint density at radius 1 is 1.18 bits per heavy atom. The molecule has 0 aliphatic carbocycles. The van der Waals surface area contributed by atoms with Crippen molar-refractivity contribution in [1.82, 2.24) is 39.6 Å². The van der Waals surface area contributed by atoms with Crippen molar-refractivity contribution in [2.45, 2.75) is 26.1 Å². The number of hydrogen-bond acceptors (Lipinski definition) is 8. The van der Waals surface area contributed by atoms with Gasteiger partial charge in [0.25, 0.3) is 0 Å². The van der Waals surface area contributed by atoms with Crippen LogP contribution in [0.5, 0.6) is 0 Å². The van der Waals surface area contributed by atoms with Crippen LogP contribution >= 0.6 is 15.9 Å². The van der Waals surface area contributed by atoms with Crippen molar-refractivity contribution in [1.29, 1.82) is 0 Å². The molecule has 4 heterocycles. The van der Waals surface area contributed by atoms with Crippen molar-refractivity contribution in [2.75, 3.05) is 25.0 Å². The molecule has 1 saturated heterocycles. The van der Waals surface area contributed by atoms with Crippen molar-refractivity contribution < 1.29 is 14.3 Å². The molecule has 1 atom stereocenters. The van der Waals surface area contributed by atoms with E-state index in [1.165, 1.54) is 4.90 Å². The molecule has 2 aromatic carbocycles. The summed E-state index contributed by atoms with van der Waals surface area (Å²) in [5, 5.41) is 15.9. The van der Waals surface area contributed by atoms with Gasteiger partial charge < -0.3 is 20.3 Å². The van der Waals surface area contributed by atoms with Gasteiger partial charge in [0.15, 0.2) is 11.5 Å². The van der Waals surface area contributed by atoms with E-state index >= 15 is 0 Å². The Morgan fingerprint density at radius 2 is 2.02 bits per heavy atom. The maximum absolute atomic E-state index is 13.0. The van der Waals surface area contributed by atoms with Crippen molar-refractivity contribution in [3.8, 4) is 11.4 Å². The number of halogens is 1. The summed E-state index contributed by atoms with van der Waals surface area (Å²) >= 11 is 3.59. The van der Waals surface area contributed by atoms with Crippen molar-refractivity contribution >= 4 is 50.4 Å². The number of hydrogen-bond donors (Lipinski definition) is 2. The van der Waals surface area contributed by atoms with Crippen LogP contribution in [0.3, 0.4) is 0 Å². The fraction of sp³-hybridized carbons (Fsp3) is 0.259. The molecule has 0 bridgehead atoms. The molecule has 0 unspecified atom stereocenters. The number of rotatable bonds is 6. The van der Waals surface area contributed by atoms with Gasteiger partial charge in [-0.2, -0.15) is 9.61 Å². The van der Waals surface area contributed by atoms with E-state index in [-0.39, 0.29) is 19.1 Å². The summed E-state index contributed by atoms with van der Waals surface area (Å²) in [6, 6.07) is 14.4. The van der Waals surface area contributed by atoms with Crippen LogP contribution in [0.1, 0.15) is 12.5 Å². The molecular formula is C27H26BrN9O3. The smallest absolute Gasteiger partial charge is 0.410 e. The average molecular weight is 604 g/mol. The average Bonchev–Trinajstić information content (AvgIpc) is 3.60. The molecule has 40 heavy (non-hydrogen) atoms. The van der Waals surface area contributed by atoms with Gasteiger partial charge in [0, 0.05) is 35.7 Å². The zero-order chi connectivity index (χ0) is 27.6. The summed E-state index contributed by atoms with van der Waals surface area (Å²) in [5.41, 5.74) is 2.88. The minimum atomic E-state index is -0.807. The van der Waals surface area contributed by atoms with Gasteiger partial charge in [-0.05, 0) is 40.5 Å². The molecule has 12 nitrogen and oxygen atoms in total. The van der Waals surface area contributed by atoms with Crippen LogP contribution in [-0.4, -0.2) is 71.9 Å². The maximum atomic E-state index is 13.0. The molecule has 0 saturated carbocycles. The molecule has 0 radical (unpaired) electrons. The first kappa shape index (κ1) is 25.7. The number of carbonyl (C=O) groups excluding carboxylic acids is 2. The van der Waals surface area contributed by atoms with Gasteiger partial charge in [-0.15, -0.1) is 5.10 Å². The fourth-order valence-electron chi connectivity index (χ4n) is 4.54. The van der Waals surface area contributed by atoms with E-state index in [1.54, 1.807) is 15.4 Å². The van der Waals surface area contributed by atoms with E-state index in [9.17, 15) is 9.59 Å². The minimum absolute atomic E-state index is 0.0848. The number of fused-ring (bicyclic) bond motifs is 3. The van der Waals surface area contributed by atoms with Crippen LogP contribution in [0.25, 0.3) is 27.9 Å². The summed E-state index contributed by atoms with van der Waals surface area (Å²) in [6.45, 7) is 3.58. The third kappa shape index (κ3) is 5.07. The third-order valence-electron chi connectivity index (χ3n) is 6.64. The first-order valence-electron chi connectivity index (χ1n) is 12.9. The SMILES string of the molecule is CCn1cc(-c2nc3c4cccc(Br)c4nc(N[C@@H]4CN(C(=O)OCc5ccccc5)CCNC4=O)n3n2)cn1. The highest BCUT2D eigenvalue weighted by atomic mass is 79.9. The lowest BCUT2D eigenvalue weighted by atomic mass is 10.2. The number of anilines is 1. The largest absolute Gasteiger partial charge is 0.445 e. The number of carbonyl (C=O) groups is 2. The Labute approximate surface area is 237 Å². The number of aromatic nitrogens is 6. The minimum Gasteiger partial charge on any atom is -0.445 e. The molecule has 2 N–H and O–H groups in total. The molecule has 3 aromatic heterocycles. The third-order valence-corrected chi connectivity index (χ3v) is 7.28. The molecule has 2 amide bonds. The number of para-hydroxylation sites is 1. The van der Waals surface area contributed by atoms with Crippen LogP contribution in [0, 0.1) is 0 Å². The number of nitrogens with one attached hydrogen (secondary N) is 2. The van der Waals surface area contributed by atoms with Crippen molar-refractivity contribution in [3.63, 3.8) is 0 Å². The van der Waals surface area contributed by atoms with Crippen LogP contribution in [0.4, 0.5) is 10.7 Å². The van der Waals surface area contributed by atoms with E-state index in [0.717, 1.165) is 27.5 Å². The molecule has 13 heteroatoms. The summed E-state index contributed by atoms with van der Waals surface area (Å²) in [4.78, 5) is 37.1. The van der Waals surface area contributed by atoms with E-state index < -0.39 is 12.1 Å². The fourth-order valence-corrected chi connectivity index (χ4v) is 4.99. The van der Waals surface area contributed by atoms with Gasteiger partial charge in [0.2, 0.25) is 11.9 Å². The second-order valence-electron chi connectivity index (χ2n) is 9.30. The number of aryl methyl sites for hydroxylation is 1. The zero-order valence-corrected chi connectivity index (χ0v) is 23.2. The first-order chi connectivity index (χ1) is 19.5. The molecule has 1 aliphatic rings. The van der Waals surface area contributed by atoms with Gasteiger partial charge in [-0.25, -0.2) is 14.8 Å². The van der Waals surface area contributed by atoms with Crippen LogP contribution in [-0.2, 0) is 22.7 Å². The van der Waals surface area contributed by atoms with Crippen molar-refractivity contribution in [2.24, 2.45) is 0 Å². The number of benzene rings is 2. The Balaban J connectivity index is 1.32. The molecule has 5 aromatic rings. The van der Waals surface area contributed by atoms with Crippen LogP contribution in [0.15, 0.2) is 65.4 Å². The molecule has 0 spiro atoms. The highest BCUT2D eigenvalue weighted by Gasteiger charge is 2.30. The Kier molecular flexibility index (Phi) is 7.03. The topological polar surface area (TPSA) is 132 Å². The summed E-state index contributed by atoms with van der Waals surface area (Å²) in [5.74, 6) is 0.536. The molecule has 1 aliphatic heterocycles. The predicted molar refractivity (Wildman–Crippen MR) is 152 cm³/mol. The number of amides is 2. The molecular weight excluding hydrogens is 578 g/mol. The number of nitrogens with zero attached hydrogens (tertiary/aromatic N) is 7. The summed E-state index contributed by atoms with van der Waals surface area (Å²) < 4.78 is 9.69. The van der Waals surface area contributed by atoms with Gasteiger partial charge in [-0.3, -0.25) is 9.48 Å². The molecule has 1 fully saturated rings. The Morgan fingerprint density at radius 3 is 2.83 bits per heavy atom. The van der Waals surface area contributed by atoms with Crippen molar-refractivity contribution in [3.05, 3.63) is 71.0 Å². The van der Waals surface area contributed by atoms with E-state index in [2.05, 4.69) is 31.7 Å². The second kappa shape index (κ2) is 10.9. The van der Waals surface area contributed by atoms with E-state index in [4.69, 9.17) is 19.8 Å². The standard InChI is InChI=1S/C27H26BrN9O3/c1-2-36-14-18(13-30-36)23-33-24-19-9-6-10-20(28)22(19)32-26(37(24)34-23)31-21-15-35(12-11-29-25(21)38)27(39)40-16-17-7-4-3-5-8-17/h3-10,13-14,21H,2,11-12,15-16H2,1H3,(H,29,38)(H,31,32)/t21-/m1/s1. The summed E-state index contributed by atoms with van der Waals surface area (Å²) in [6.07, 6.45) is 3.10. The van der Waals surface area contributed by atoms with Gasteiger partial charge in [-0.1, -0.05) is 36.4 Å². The lowest BCUT2D eigenvalue weighted by Crippen LogP contribution is -2.44. The number of ether oxygens (including phenoxy) is 1. The lowest BCUT2D eigenvalue weighted by molar-refractivity contribution is -0.121.